The number of benzene rings is 1. The van der Waals surface area contributed by atoms with E-state index in [1.165, 1.54) is 11.6 Å². The third-order valence-electron chi connectivity index (χ3n) is 4.12. The molecule has 0 aliphatic carbocycles. The molecule has 7 heteroatoms. The summed E-state index contributed by atoms with van der Waals surface area (Å²) < 4.78 is 0. The molecule has 1 aromatic heterocycles. The highest BCUT2D eigenvalue weighted by Gasteiger charge is 2.31. The Morgan fingerprint density at radius 3 is 2.57 bits per heavy atom. The van der Waals surface area contributed by atoms with E-state index in [1.807, 2.05) is 23.1 Å². The fraction of sp³-hybridized carbons (Fsp3) is 0.312. The zero-order valence-electron chi connectivity index (χ0n) is 12.8. The van der Waals surface area contributed by atoms with Crippen molar-refractivity contribution in [1.29, 1.82) is 0 Å². The smallest absolute Gasteiger partial charge is 0.357 e. The summed E-state index contributed by atoms with van der Waals surface area (Å²) in [6, 6.07) is 9.05. The minimum Gasteiger partial charge on any atom is -0.363 e. The summed E-state index contributed by atoms with van der Waals surface area (Å²) in [5.41, 5.74) is 2.42. The fourth-order valence-corrected chi connectivity index (χ4v) is 3.08. The van der Waals surface area contributed by atoms with Crippen LogP contribution in [0, 0.1) is 17.0 Å². The number of hydrogen-bond acceptors (Lipinski definition) is 4. The molecule has 0 spiro atoms. The number of aryl methyl sites for hydroxylation is 1. The van der Waals surface area contributed by atoms with Crippen LogP contribution in [0.25, 0.3) is 0 Å². The van der Waals surface area contributed by atoms with E-state index in [-0.39, 0.29) is 10.6 Å². The Labute approximate surface area is 139 Å². The number of nitrogens with zero attached hydrogens (tertiary/aromatic N) is 3. The van der Waals surface area contributed by atoms with E-state index in [2.05, 4.69) is 16.8 Å². The second-order valence-corrected chi connectivity index (χ2v) is 6.00. The first-order chi connectivity index (χ1) is 11.1. The second-order valence-electron chi connectivity index (χ2n) is 5.57. The maximum absolute atomic E-state index is 11.2. The normalized spacial score (nSPS) is 14.9. The van der Waals surface area contributed by atoms with Gasteiger partial charge in [0.1, 0.15) is 13.1 Å². The summed E-state index contributed by atoms with van der Waals surface area (Å²) in [5.74, 6) is 0.569. The van der Waals surface area contributed by atoms with Gasteiger partial charge in [-0.1, -0.05) is 17.7 Å². The molecular weight excluding hydrogens is 316 g/mol. The number of piperazine rings is 1. The highest BCUT2D eigenvalue weighted by molar-refractivity contribution is 6.30. The lowest BCUT2D eigenvalue weighted by Gasteiger charge is -2.33. The van der Waals surface area contributed by atoms with Crippen molar-refractivity contribution in [2.75, 3.05) is 36.0 Å². The lowest BCUT2D eigenvalue weighted by molar-refractivity contribution is -0.411. The zero-order valence-corrected chi connectivity index (χ0v) is 13.6. The van der Waals surface area contributed by atoms with E-state index >= 15 is 0 Å². The fourth-order valence-electron chi connectivity index (χ4n) is 2.91. The third kappa shape index (κ3) is 3.22. The van der Waals surface area contributed by atoms with E-state index in [1.54, 1.807) is 12.3 Å². The number of hydrogen-bond donors (Lipinski definition) is 0. The number of nitro groups is 1. The molecule has 0 atom stereocenters. The number of aromatic nitrogens is 1. The molecule has 2 heterocycles. The average Bonchev–Trinajstić information content (AvgIpc) is 2.57. The van der Waals surface area contributed by atoms with Crippen molar-refractivity contribution >= 4 is 28.8 Å². The highest BCUT2D eigenvalue weighted by atomic mass is 35.5. The molecule has 6 nitrogen and oxygen atoms in total. The van der Waals surface area contributed by atoms with E-state index in [0.29, 0.717) is 18.9 Å². The van der Waals surface area contributed by atoms with Crippen molar-refractivity contribution in [3.05, 3.63) is 57.2 Å². The van der Waals surface area contributed by atoms with Crippen molar-refractivity contribution in [3.8, 4) is 0 Å². The van der Waals surface area contributed by atoms with Crippen LogP contribution in [0.3, 0.4) is 0 Å². The summed E-state index contributed by atoms with van der Waals surface area (Å²) in [4.78, 5) is 18.1. The minimum atomic E-state index is -0.348. The summed E-state index contributed by atoms with van der Waals surface area (Å²) >= 11 is 6.10. The van der Waals surface area contributed by atoms with Gasteiger partial charge >= 0.3 is 11.5 Å². The van der Waals surface area contributed by atoms with E-state index in [9.17, 15) is 10.1 Å². The van der Waals surface area contributed by atoms with Gasteiger partial charge < -0.3 is 4.90 Å². The first-order valence-electron chi connectivity index (χ1n) is 7.47. The van der Waals surface area contributed by atoms with Gasteiger partial charge in [0.15, 0.2) is 0 Å². The second kappa shape index (κ2) is 6.42. The largest absolute Gasteiger partial charge is 0.363 e. The van der Waals surface area contributed by atoms with Crippen molar-refractivity contribution in [2.45, 2.75) is 6.92 Å². The number of pyridine rings is 1. The van der Waals surface area contributed by atoms with Gasteiger partial charge in [0.25, 0.3) is 0 Å². The Bertz CT molecular complexity index is 730. The van der Waals surface area contributed by atoms with Crippen molar-refractivity contribution < 1.29 is 9.91 Å². The molecule has 0 amide bonds. The van der Waals surface area contributed by atoms with Crippen molar-refractivity contribution in [3.63, 3.8) is 0 Å². The molecule has 1 fully saturated rings. The first kappa shape index (κ1) is 15.6. The van der Waals surface area contributed by atoms with Gasteiger partial charge in [-0.05, 0) is 30.7 Å². The van der Waals surface area contributed by atoms with E-state index < -0.39 is 0 Å². The predicted molar refractivity (Wildman–Crippen MR) is 90.3 cm³/mol. The first-order valence-corrected chi connectivity index (χ1v) is 7.85. The highest BCUT2D eigenvalue weighted by Crippen LogP contribution is 2.28. The van der Waals surface area contributed by atoms with Crippen LogP contribution in [0.2, 0.25) is 5.02 Å². The van der Waals surface area contributed by atoms with Gasteiger partial charge in [-0.2, -0.15) is 0 Å². The van der Waals surface area contributed by atoms with Crippen molar-refractivity contribution in [1.82, 2.24) is 0 Å². The van der Waals surface area contributed by atoms with Crippen LogP contribution in [0.5, 0.6) is 0 Å². The molecule has 23 heavy (non-hydrogen) atoms. The maximum atomic E-state index is 11.2. The zero-order chi connectivity index (χ0) is 16.4. The number of aromatic amines is 1. The maximum Gasteiger partial charge on any atom is 0.357 e. The molecule has 3 rings (SSSR count). The third-order valence-corrected chi connectivity index (χ3v) is 4.35. The lowest BCUT2D eigenvalue weighted by Crippen LogP contribution is -2.48. The van der Waals surface area contributed by atoms with Gasteiger partial charge in [-0.3, -0.25) is 15.0 Å². The van der Waals surface area contributed by atoms with Crippen LogP contribution in [-0.2, 0) is 0 Å². The number of nitrogens with one attached hydrogen (secondary N) is 1. The molecule has 1 aromatic carbocycles. The Balaban J connectivity index is 1.76. The Hall–Kier alpha value is -2.34. The summed E-state index contributed by atoms with van der Waals surface area (Å²) in [6.45, 7) is 5.08. The number of rotatable bonds is 3. The summed E-state index contributed by atoms with van der Waals surface area (Å²) in [7, 11) is 0. The average molecular weight is 334 g/mol. The topological polar surface area (TPSA) is 63.8 Å². The monoisotopic (exact) mass is 333 g/mol. The Morgan fingerprint density at radius 2 is 1.87 bits per heavy atom. The SMILES string of the molecule is Cc1ccc(Cl)cc1N1CCN(c2[nH+]cccc2[N+](=O)[O-])CC1. The van der Waals surface area contributed by atoms with E-state index in [0.717, 1.165) is 23.8 Å². The van der Waals surface area contributed by atoms with Gasteiger partial charge in [-0.15, -0.1) is 0 Å². The van der Waals surface area contributed by atoms with Crippen LogP contribution in [0.1, 0.15) is 5.56 Å². The molecule has 0 unspecified atom stereocenters. The predicted octanol–water partition coefficient (Wildman–Crippen LogP) is 2.70. The standard InChI is InChI=1S/C16H17ClN4O2/c1-12-4-5-13(17)11-15(12)19-7-9-20(10-8-19)16-14(21(22)23)3-2-6-18-16/h2-6,11H,7-10H2,1H3/p+1. The van der Waals surface area contributed by atoms with Crippen LogP contribution < -0.4 is 14.8 Å². The molecule has 1 aliphatic rings. The molecule has 1 N–H and O–H groups in total. The Morgan fingerprint density at radius 1 is 1.17 bits per heavy atom. The van der Waals surface area contributed by atoms with Crippen molar-refractivity contribution in [2.24, 2.45) is 0 Å². The van der Waals surface area contributed by atoms with Crippen LogP contribution >= 0.6 is 11.6 Å². The van der Waals surface area contributed by atoms with Gasteiger partial charge in [-0.25, -0.2) is 4.98 Å². The lowest BCUT2D eigenvalue weighted by atomic mass is 10.1. The molecule has 1 aliphatic heterocycles. The Kier molecular flexibility index (Phi) is 4.34. The molecule has 0 bridgehead atoms. The number of anilines is 2. The van der Waals surface area contributed by atoms with Gasteiger partial charge in [0.05, 0.1) is 24.2 Å². The van der Waals surface area contributed by atoms with E-state index in [4.69, 9.17) is 11.6 Å². The quantitative estimate of drug-likeness (QED) is 0.640. The van der Waals surface area contributed by atoms with Crippen LogP contribution in [0.15, 0.2) is 36.5 Å². The molecular formula is C16H18ClN4O2+. The summed E-state index contributed by atoms with van der Waals surface area (Å²) in [5, 5.41) is 11.9. The molecule has 0 saturated carbocycles. The van der Waals surface area contributed by atoms with Gasteiger partial charge in [0, 0.05) is 16.8 Å². The molecule has 1 saturated heterocycles. The van der Waals surface area contributed by atoms with Crippen LogP contribution in [0.4, 0.5) is 17.2 Å². The number of H-pyrrole nitrogens is 1. The molecule has 0 radical (unpaired) electrons. The minimum absolute atomic E-state index is 0.111. The molecule has 120 valence electrons. The van der Waals surface area contributed by atoms with Crippen LogP contribution in [-0.4, -0.2) is 31.1 Å². The van der Waals surface area contributed by atoms with Gasteiger partial charge in [0.2, 0.25) is 0 Å². The summed E-state index contributed by atoms with van der Waals surface area (Å²) in [6.07, 6.45) is 1.72. The molecule has 2 aromatic rings. The number of halogens is 1.